The van der Waals surface area contributed by atoms with Crippen molar-refractivity contribution in [3.63, 3.8) is 0 Å². The van der Waals surface area contributed by atoms with Gasteiger partial charge in [0.2, 0.25) is 16.9 Å². The van der Waals surface area contributed by atoms with E-state index < -0.39 is 71.4 Å². The summed E-state index contributed by atoms with van der Waals surface area (Å²) in [5, 5.41) is 19.3. The van der Waals surface area contributed by atoms with Gasteiger partial charge in [0.1, 0.15) is 46.2 Å². The Bertz CT molecular complexity index is 3270. The van der Waals surface area contributed by atoms with E-state index in [0.717, 1.165) is 18.2 Å². The van der Waals surface area contributed by atoms with E-state index in [-0.39, 0.29) is 157 Å². The topological polar surface area (TPSA) is 344 Å². The first kappa shape index (κ1) is 56.2. The number of rotatable bonds is 11. The summed E-state index contributed by atoms with van der Waals surface area (Å²) in [7, 11) is -20.1. The molecule has 5 aromatic carbocycles. The summed E-state index contributed by atoms with van der Waals surface area (Å²) in [5.74, 6) is -0.207. The number of aryl methyl sites for hydroxylation is 1. The van der Waals surface area contributed by atoms with E-state index in [2.05, 4.69) is 45.7 Å². The molecule has 1 heterocycles. The normalized spacial score (nSPS) is 12.3. The van der Waals surface area contributed by atoms with Crippen molar-refractivity contribution in [2.45, 2.75) is 26.5 Å². The molecule has 0 fully saturated rings. The summed E-state index contributed by atoms with van der Waals surface area (Å²) < 4.78 is 141. The summed E-state index contributed by atoms with van der Waals surface area (Å²) in [6.07, 6.45) is 0. The van der Waals surface area contributed by atoms with E-state index in [0.29, 0.717) is 35.1 Å². The smallest absolute Gasteiger partial charge is 0.744 e. The van der Waals surface area contributed by atoms with Crippen LogP contribution in [0.3, 0.4) is 0 Å². The van der Waals surface area contributed by atoms with E-state index in [1.807, 2.05) is 0 Å². The second-order valence-electron chi connectivity index (χ2n) is 11.6. The molecule has 0 spiro atoms. The maximum absolute atomic E-state index is 11.9. The van der Waals surface area contributed by atoms with Crippen LogP contribution in [0.15, 0.2) is 136 Å². The molecule has 0 saturated carbocycles. The van der Waals surface area contributed by atoms with E-state index in [9.17, 15) is 51.9 Å². The Morgan fingerprint density at radius 2 is 1.06 bits per heavy atom. The van der Waals surface area contributed by atoms with Gasteiger partial charge in [0.05, 0.1) is 42.3 Å². The zero-order chi connectivity index (χ0) is 42.2. The third-order valence-corrected chi connectivity index (χ3v) is 11.3. The van der Waals surface area contributed by atoms with Crippen LogP contribution in [-0.2, 0) is 40.5 Å². The molecule has 0 aliphatic rings. The van der Waals surface area contributed by atoms with E-state index in [4.69, 9.17) is 11.6 Å². The van der Waals surface area contributed by atoms with Crippen LogP contribution in [0.25, 0.3) is 10.8 Å². The molecule has 6 aromatic rings. The van der Waals surface area contributed by atoms with E-state index >= 15 is 0 Å². The number of hydrogen-bond acceptors (Lipinski definition) is 20. The monoisotopic (exact) mass is 977 g/mol. The van der Waals surface area contributed by atoms with Gasteiger partial charge in [-0.15, -0.1) is 15.3 Å². The summed E-state index contributed by atoms with van der Waals surface area (Å²) in [6.45, 7) is 1.65. The SMILES string of the molecule is Cc1cc(Nc2nc(Cl)[nH]c(=Nc3cc(S(=O)(=O)[O-])ccc3S(=O)(=O)[O-])n2)ccc1N=Nc1ccc(N=Nc2ccccc2S(=O)(=O)[O-])c2ccc(S(=O)(=O)[O-])cc12.[Na+].[Na+].[Na+].[Na+]. The van der Waals surface area contributed by atoms with Crippen LogP contribution in [0.1, 0.15) is 5.56 Å². The molecular weight excluding hydrogens is 958 g/mol. The van der Waals surface area contributed by atoms with Gasteiger partial charge in [-0.1, -0.05) is 18.2 Å². The van der Waals surface area contributed by atoms with Crippen LogP contribution < -0.4 is 129 Å². The largest absolute Gasteiger partial charge is 1.00 e. The minimum absolute atomic E-state index is 0. The Labute approximate surface area is 446 Å². The number of aromatic nitrogens is 3. The molecular formula is C32H20ClN9Na4O12S4. The van der Waals surface area contributed by atoms with Crippen LogP contribution in [0.2, 0.25) is 5.28 Å². The van der Waals surface area contributed by atoms with Crippen LogP contribution in [-0.4, -0.2) is 66.8 Å². The van der Waals surface area contributed by atoms with Gasteiger partial charge in [-0.2, -0.15) is 15.1 Å². The van der Waals surface area contributed by atoms with Crippen molar-refractivity contribution in [2.75, 3.05) is 5.32 Å². The number of benzene rings is 5. The van der Waals surface area contributed by atoms with Gasteiger partial charge in [0, 0.05) is 16.5 Å². The number of fused-ring (bicyclic) bond motifs is 1. The first-order valence-corrected chi connectivity index (χ1v) is 21.6. The van der Waals surface area contributed by atoms with Gasteiger partial charge in [-0.25, -0.2) is 38.7 Å². The maximum Gasteiger partial charge on any atom is 1.00 e. The predicted octanol–water partition coefficient (Wildman–Crippen LogP) is -6.64. The number of nitrogens with zero attached hydrogens (tertiary/aromatic N) is 7. The quantitative estimate of drug-likeness (QED) is 0.0693. The second kappa shape index (κ2) is 22.5. The third kappa shape index (κ3) is 14.3. The van der Waals surface area contributed by atoms with Crippen molar-refractivity contribution in [3.05, 3.63) is 107 Å². The predicted molar refractivity (Wildman–Crippen MR) is 198 cm³/mol. The fourth-order valence-corrected chi connectivity index (χ4v) is 7.47. The Morgan fingerprint density at radius 3 is 1.66 bits per heavy atom. The van der Waals surface area contributed by atoms with Crippen molar-refractivity contribution >= 4 is 103 Å². The number of hydrogen-bond donors (Lipinski definition) is 2. The van der Waals surface area contributed by atoms with Gasteiger partial charge in [-0.05, 0) is 96.9 Å². The Balaban J connectivity index is 0.00000331. The first-order chi connectivity index (χ1) is 27.1. The molecule has 0 atom stereocenters. The number of halogens is 1. The van der Waals surface area contributed by atoms with E-state index in [1.165, 1.54) is 48.5 Å². The summed E-state index contributed by atoms with van der Waals surface area (Å²) >= 11 is 6.07. The van der Waals surface area contributed by atoms with Crippen LogP contribution in [0, 0.1) is 6.92 Å². The Kier molecular flexibility index (Phi) is 20.4. The second-order valence-corrected chi connectivity index (χ2v) is 17.5. The van der Waals surface area contributed by atoms with Gasteiger partial charge < -0.3 is 23.5 Å². The number of H-pyrrole nitrogens is 1. The van der Waals surface area contributed by atoms with Crippen LogP contribution in [0.4, 0.5) is 40.1 Å². The third-order valence-electron chi connectivity index (χ3n) is 7.69. The Morgan fingerprint density at radius 1 is 0.548 bits per heavy atom. The van der Waals surface area contributed by atoms with Crippen molar-refractivity contribution < 1.29 is 170 Å². The molecule has 0 bridgehead atoms. The molecule has 6 rings (SSSR count). The summed E-state index contributed by atoms with van der Waals surface area (Å²) in [6, 6.07) is 17.8. The van der Waals surface area contributed by atoms with E-state index in [1.54, 1.807) is 13.0 Å². The number of aromatic amines is 1. The molecule has 62 heavy (non-hydrogen) atoms. The minimum Gasteiger partial charge on any atom is -0.744 e. The fourth-order valence-electron chi connectivity index (χ4n) is 5.11. The molecule has 0 aliphatic carbocycles. The summed E-state index contributed by atoms with van der Waals surface area (Å²) in [4.78, 5) is 11.3. The number of anilines is 2. The van der Waals surface area contributed by atoms with Crippen molar-refractivity contribution in [2.24, 2.45) is 25.4 Å². The standard InChI is InChI=1S/C32H24ClN9O12S4.4Na/c1-17-14-18(34-31-36-30(33)37-32(38-31)35-27-16-20(56(46,47)48)8-13-29(27)58(52,53)54)6-10-23(17)39-41-25-12-11-24(21-9-7-19(15-22(21)25)55(43,44)45)40-42-26-4-2-3-5-28(26)57(49,50)51;;;;/h2-16H,1H3,(H,43,44,45)(H,46,47,48)(H,49,50,51)(H,52,53,54)(H2,34,35,36,37,38);;;;/q;4*+1/p-4. The molecule has 300 valence electrons. The molecule has 0 unspecified atom stereocenters. The minimum atomic E-state index is -5.19. The van der Waals surface area contributed by atoms with Gasteiger partial charge in [-0.3, -0.25) is 4.98 Å². The zero-order valence-corrected chi connectivity index (χ0v) is 44.7. The molecule has 0 saturated heterocycles. The Hall–Kier alpha value is -1.90. The summed E-state index contributed by atoms with van der Waals surface area (Å²) in [5.41, 5.74) is -0.0389. The molecule has 2 N–H and O–H groups in total. The van der Waals surface area contributed by atoms with Gasteiger partial charge >= 0.3 is 118 Å². The molecule has 0 amide bonds. The molecule has 30 heteroatoms. The van der Waals surface area contributed by atoms with Crippen molar-refractivity contribution in [3.8, 4) is 0 Å². The van der Waals surface area contributed by atoms with Crippen LogP contribution in [0.5, 0.6) is 0 Å². The molecule has 0 aliphatic heterocycles. The average Bonchev–Trinajstić information content (AvgIpc) is 3.12. The molecule has 0 radical (unpaired) electrons. The van der Waals surface area contributed by atoms with Crippen LogP contribution >= 0.6 is 11.6 Å². The average molecular weight is 978 g/mol. The zero-order valence-electron chi connectivity index (χ0n) is 32.7. The van der Waals surface area contributed by atoms with Gasteiger partial charge in [0.15, 0.2) is 0 Å². The van der Waals surface area contributed by atoms with Crippen molar-refractivity contribution in [1.82, 2.24) is 15.0 Å². The molecule has 1 aromatic heterocycles. The van der Waals surface area contributed by atoms with Gasteiger partial charge in [0.25, 0.3) is 0 Å². The first-order valence-electron chi connectivity index (χ1n) is 15.6. The fraction of sp³-hybridized carbons (Fsp3) is 0.0312. The molecule has 21 nitrogen and oxygen atoms in total. The van der Waals surface area contributed by atoms with Crippen molar-refractivity contribution in [1.29, 1.82) is 0 Å². The number of azo groups is 2. The maximum atomic E-state index is 11.9. The number of nitrogens with one attached hydrogen (secondary N) is 2.